The first-order valence-electron chi connectivity index (χ1n) is 8.18. The first-order valence-corrected chi connectivity index (χ1v) is 9.16. The molecule has 0 bridgehead atoms. The van der Waals surface area contributed by atoms with Gasteiger partial charge in [-0.3, -0.25) is 4.57 Å². The zero-order valence-corrected chi connectivity index (χ0v) is 15.0. The van der Waals surface area contributed by atoms with Crippen LogP contribution in [0.25, 0.3) is 16.7 Å². The molecule has 5 nitrogen and oxygen atoms in total. The summed E-state index contributed by atoms with van der Waals surface area (Å²) in [5, 5.41) is 12.5. The van der Waals surface area contributed by atoms with E-state index in [0.29, 0.717) is 10.8 Å². The smallest absolute Gasteiger partial charge is 0.251 e. The van der Waals surface area contributed by atoms with Gasteiger partial charge in [-0.25, -0.2) is 4.98 Å². The fourth-order valence-corrected chi connectivity index (χ4v) is 3.69. The molecule has 26 heavy (non-hydrogen) atoms. The molecule has 0 aliphatic carbocycles. The van der Waals surface area contributed by atoms with Gasteiger partial charge < -0.3 is 9.94 Å². The summed E-state index contributed by atoms with van der Waals surface area (Å²) in [5.74, 6) is 2.29. The normalized spacial score (nSPS) is 11.0. The van der Waals surface area contributed by atoms with E-state index >= 15 is 0 Å². The third-order valence-electron chi connectivity index (χ3n) is 4.10. The molecular weight excluding hydrogens is 346 g/mol. The maximum Gasteiger partial charge on any atom is 0.251 e. The molecule has 4 aromatic rings. The number of thioether (sulfide) groups is 1. The zero-order valence-electron chi connectivity index (χ0n) is 14.2. The van der Waals surface area contributed by atoms with Crippen molar-refractivity contribution in [2.45, 2.75) is 10.8 Å². The van der Waals surface area contributed by atoms with Gasteiger partial charge in [-0.05, 0) is 54.2 Å². The molecule has 2 aromatic heterocycles. The Kier molecular flexibility index (Phi) is 4.50. The molecule has 130 valence electrons. The predicted molar refractivity (Wildman–Crippen MR) is 103 cm³/mol. The van der Waals surface area contributed by atoms with Crippen LogP contribution in [0, 0.1) is 5.21 Å². The van der Waals surface area contributed by atoms with Gasteiger partial charge >= 0.3 is 0 Å². The number of nitrogens with zero attached hydrogens (tertiary/aromatic N) is 3. The van der Waals surface area contributed by atoms with Crippen LogP contribution in [0.5, 0.6) is 5.75 Å². The lowest BCUT2D eigenvalue weighted by atomic mass is 10.2. The minimum absolute atomic E-state index is 0.590. The lowest BCUT2D eigenvalue weighted by Gasteiger charge is -2.10. The van der Waals surface area contributed by atoms with Gasteiger partial charge in [-0.1, -0.05) is 12.1 Å². The first kappa shape index (κ1) is 16.5. The third-order valence-corrected chi connectivity index (χ3v) is 5.11. The van der Waals surface area contributed by atoms with E-state index in [-0.39, 0.29) is 0 Å². The number of aromatic nitrogens is 3. The van der Waals surface area contributed by atoms with E-state index in [2.05, 4.69) is 10.6 Å². The summed E-state index contributed by atoms with van der Waals surface area (Å²) in [6.45, 7) is 0. The molecule has 0 unspecified atom stereocenters. The van der Waals surface area contributed by atoms with Crippen molar-refractivity contribution in [2.24, 2.45) is 0 Å². The molecule has 0 fully saturated rings. The molecule has 0 radical (unpaired) electrons. The average molecular weight is 363 g/mol. The third kappa shape index (κ3) is 3.11. The summed E-state index contributed by atoms with van der Waals surface area (Å²) < 4.78 is 8.26. The number of pyridine rings is 1. The fraction of sp³-hybridized carbons (Fsp3) is 0.100. The van der Waals surface area contributed by atoms with Crippen LogP contribution in [0.1, 0.15) is 5.82 Å². The Balaban J connectivity index is 1.75. The molecule has 0 saturated heterocycles. The van der Waals surface area contributed by atoms with E-state index in [1.54, 1.807) is 13.2 Å². The van der Waals surface area contributed by atoms with Crippen molar-refractivity contribution in [2.75, 3.05) is 7.11 Å². The van der Waals surface area contributed by atoms with Gasteiger partial charge in [0.25, 0.3) is 5.03 Å². The highest BCUT2D eigenvalue weighted by Crippen LogP contribution is 2.27. The molecule has 6 heteroatoms. The van der Waals surface area contributed by atoms with E-state index in [1.165, 1.54) is 18.0 Å². The second-order valence-corrected chi connectivity index (χ2v) is 6.70. The van der Waals surface area contributed by atoms with Crippen molar-refractivity contribution >= 4 is 22.8 Å². The summed E-state index contributed by atoms with van der Waals surface area (Å²) in [6, 6.07) is 21.3. The molecule has 2 aromatic carbocycles. The Morgan fingerprint density at radius 3 is 2.58 bits per heavy atom. The highest BCUT2D eigenvalue weighted by molar-refractivity contribution is 7.98. The standard InChI is InChI=1S/C20H17N3O2S/c1-25-16-11-9-15(10-12-16)23-18-7-3-2-6-17(18)21-19(23)14-26-20-8-4-5-13-22(20)24/h2-13H,14H2,1H3. The second-order valence-electron chi connectivity index (χ2n) is 5.70. The minimum atomic E-state index is 0.590. The number of benzene rings is 2. The average Bonchev–Trinajstić information content (AvgIpc) is 3.06. The molecule has 0 aliphatic heterocycles. The lowest BCUT2D eigenvalue weighted by molar-refractivity contribution is -0.645. The Labute approximate surface area is 155 Å². The van der Waals surface area contributed by atoms with Gasteiger partial charge in [0.15, 0.2) is 6.20 Å². The first-order chi connectivity index (χ1) is 12.8. The highest BCUT2D eigenvalue weighted by atomic mass is 32.2. The molecule has 0 saturated carbocycles. The lowest BCUT2D eigenvalue weighted by Crippen LogP contribution is -2.27. The molecule has 0 N–H and O–H groups in total. The molecule has 0 amide bonds. The number of fused-ring (bicyclic) bond motifs is 1. The summed E-state index contributed by atoms with van der Waals surface area (Å²) >= 11 is 1.47. The molecule has 0 aliphatic rings. The molecule has 0 atom stereocenters. The van der Waals surface area contributed by atoms with Crippen LogP contribution in [0.3, 0.4) is 0 Å². The van der Waals surface area contributed by atoms with E-state index in [1.807, 2.05) is 54.6 Å². The van der Waals surface area contributed by atoms with Crippen molar-refractivity contribution in [3.63, 3.8) is 0 Å². The number of methoxy groups -OCH3 is 1. The number of para-hydroxylation sites is 2. The quantitative estimate of drug-likeness (QED) is 0.306. The van der Waals surface area contributed by atoms with Gasteiger partial charge in [0, 0.05) is 17.8 Å². The number of hydrogen-bond donors (Lipinski definition) is 0. The number of hydrogen-bond acceptors (Lipinski definition) is 4. The molecule has 0 spiro atoms. The van der Waals surface area contributed by atoms with Gasteiger partial charge in [-0.2, -0.15) is 4.73 Å². The van der Waals surface area contributed by atoms with Crippen molar-refractivity contribution < 1.29 is 9.47 Å². The molecular formula is C20H17N3O2S. The van der Waals surface area contributed by atoms with Crippen LogP contribution in [0.15, 0.2) is 78.0 Å². The van der Waals surface area contributed by atoms with Gasteiger partial charge in [0.2, 0.25) is 0 Å². The van der Waals surface area contributed by atoms with Crippen LogP contribution in [-0.2, 0) is 5.75 Å². The Hall–Kier alpha value is -2.99. The van der Waals surface area contributed by atoms with Crippen molar-refractivity contribution in [1.29, 1.82) is 0 Å². The second kappa shape index (κ2) is 7.09. The minimum Gasteiger partial charge on any atom is -0.618 e. The Bertz CT molecular complexity index is 1040. The van der Waals surface area contributed by atoms with Crippen molar-refractivity contribution in [3.8, 4) is 11.4 Å². The summed E-state index contributed by atoms with van der Waals surface area (Å²) in [4.78, 5) is 4.78. The van der Waals surface area contributed by atoms with Crippen LogP contribution in [0.2, 0.25) is 0 Å². The number of imidazole rings is 1. The van der Waals surface area contributed by atoms with Gasteiger partial charge in [-0.15, -0.1) is 0 Å². The summed E-state index contributed by atoms with van der Waals surface area (Å²) in [5.41, 5.74) is 2.98. The topological polar surface area (TPSA) is 54.0 Å². The van der Waals surface area contributed by atoms with Crippen LogP contribution in [0.4, 0.5) is 0 Å². The largest absolute Gasteiger partial charge is 0.618 e. The van der Waals surface area contributed by atoms with Gasteiger partial charge in [0.05, 0.1) is 23.9 Å². The molecule has 4 rings (SSSR count). The number of ether oxygens (including phenoxy) is 1. The summed E-state index contributed by atoms with van der Waals surface area (Å²) in [7, 11) is 1.65. The fourth-order valence-electron chi connectivity index (χ4n) is 2.85. The maximum absolute atomic E-state index is 11.9. The summed E-state index contributed by atoms with van der Waals surface area (Å²) in [6.07, 6.45) is 1.51. The monoisotopic (exact) mass is 363 g/mol. The van der Waals surface area contributed by atoms with E-state index in [9.17, 15) is 5.21 Å². The zero-order chi connectivity index (χ0) is 17.9. The Morgan fingerprint density at radius 1 is 1.04 bits per heavy atom. The van der Waals surface area contributed by atoms with Crippen molar-refractivity contribution in [3.05, 3.63) is 84.0 Å². The van der Waals surface area contributed by atoms with E-state index in [0.717, 1.165) is 33.0 Å². The van der Waals surface area contributed by atoms with E-state index < -0.39 is 0 Å². The SMILES string of the molecule is COc1ccc(-n2c(CSc3cccc[n+]3[O-])nc3ccccc32)cc1. The van der Waals surface area contributed by atoms with Crippen LogP contribution in [-0.4, -0.2) is 16.7 Å². The van der Waals surface area contributed by atoms with Crippen molar-refractivity contribution in [1.82, 2.24) is 9.55 Å². The van der Waals surface area contributed by atoms with Gasteiger partial charge in [0.1, 0.15) is 11.6 Å². The highest BCUT2D eigenvalue weighted by Gasteiger charge is 2.14. The molecule has 2 heterocycles. The number of rotatable bonds is 5. The van der Waals surface area contributed by atoms with Crippen LogP contribution < -0.4 is 9.47 Å². The maximum atomic E-state index is 11.9. The van der Waals surface area contributed by atoms with Crippen LogP contribution >= 0.6 is 11.8 Å². The Morgan fingerprint density at radius 2 is 1.81 bits per heavy atom. The predicted octanol–water partition coefficient (Wildman–Crippen LogP) is 3.96. The van der Waals surface area contributed by atoms with E-state index in [4.69, 9.17) is 9.72 Å².